The van der Waals surface area contributed by atoms with Gasteiger partial charge in [0, 0.05) is 31.3 Å². The van der Waals surface area contributed by atoms with Crippen LogP contribution in [0.1, 0.15) is 17.0 Å². The fourth-order valence-corrected chi connectivity index (χ4v) is 6.62. The maximum absolute atomic E-state index is 14.2. The highest BCUT2D eigenvalue weighted by atomic mass is 35.5. The third-order valence-corrected chi connectivity index (χ3v) is 9.15. The van der Waals surface area contributed by atoms with Crippen molar-refractivity contribution in [1.29, 1.82) is 0 Å². The first-order valence-electron chi connectivity index (χ1n) is 14.6. The van der Waals surface area contributed by atoms with Gasteiger partial charge in [-0.25, -0.2) is 19.3 Å². The van der Waals surface area contributed by atoms with Gasteiger partial charge in [-0.3, -0.25) is 33.9 Å². The molecule has 0 aliphatic carbocycles. The lowest BCUT2D eigenvalue weighted by molar-refractivity contribution is -0.384. The van der Waals surface area contributed by atoms with E-state index in [9.17, 15) is 24.5 Å². The summed E-state index contributed by atoms with van der Waals surface area (Å²) in [5.41, 5.74) is 2.11. The van der Waals surface area contributed by atoms with Gasteiger partial charge in [-0.2, -0.15) is 0 Å². The van der Waals surface area contributed by atoms with Crippen LogP contribution < -0.4 is 16.0 Å². The number of para-hydroxylation sites is 2. The second kappa shape index (κ2) is 12.9. The van der Waals surface area contributed by atoms with E-state index < -0.39 is 21.9 Å². The van der Waals surface area contributed by atoms with Crippen LogP contribution in [0.5, 0.6) is 0 Å². The molecule has 0 radical (unpaired) electrons. The molecule has 48 heavy (non-hydrogen) atoms. The van der Waals surface area contributed by atoms with E-state index in [0.29, 0.717) is 28.3 Å². The van der Waals surface area contributed by atoms with Crippen LogP contribution in [0.4, 0.5) is 17.1 Å². The van der Waals surface area contributed by atoms with Crippen molar-refractivity contribution in [2.75, 3.05) is 4.90 Å². The van der Waals surface area contributed by atoms with E-state index in [1.54, 1.807) is 67.6 Å². The summed E-state index contributed by atoms with van der Waals surface area (Å²) in [5.74, 6) is -0.558. The number of aromatic nitrogens is 4. The van der Waals surface area contributed by atoms with E-state index in [4.69, 9.17) is 16.6 Å². The molecular formula is C34H28ClN7O5S. The average Bonchev–Trinajstić information content (AvgIpc) is 3.57. The first kappa shape index (κ1) is 32.3. The molecule has 0 N–H and O–H groups in total. The number of halogens is 1. The minimum atomic E-state index is -0.558. The number of thioether (sulfide) groups is 1. The van der Waals surface area contributed by atoms with E-state index in [1.807, 2.05) is 36.4 Å². The monoisotopic (exact) mass is 681 g/mol. The fourth-order valence-electron chi connectivity index (χ4n) is 5.35. The van der Waals surface area contributed by atoms with E-state index in [1.165, 1.54) is 44.6 Å². The van der Waals surface area contributed by atoms with Crippen LogP contribution >= 0.6 is 23.4 Å². The second-order valence-electron chi connectivity index (χ2n) is 10.8. The molecule has 6 rings (SSSR count). The number of nitro benzene ring substituents is 1. The highest BCUT2D eigenvalue weighted by Crippen LogP contribution is 2.38. The first-order chi connectivity index (χ1) is 23.0. The number of aliphatic imine (C=N–C) groups is 1. The number of amides is 1. The zero-order valence-corrected chi connectivity index (χ0v) is 27.8. The highest BCUT2D eigenvalue weighted by Gasteiger charge is 2.39. The molecule has 2 aromatic heterocycles. The van der Waals surface area contributed by atoms with Gasteiger partial charge in [-0.1, -0.05) is 48.0 Å². The number of nitro groups is 1. The predicted octanol–water partition coefficient (Wildman–Crippen LogP) is 6.12. The lowest BCUT2D eigenvalue weighted by Crippen LogP contribution is -2.34. The molecule has 3 aromatic carbocycles. The van der Waals surface area contributed by atoms with Gasteiger partial charge in [0.05, 0.1) is 32.6 Å². The Labute approximate surface area is 283 Å². The van der Waals surface area contributed by atoms with Crippen molar-refractivity contribution in [2.24, 2.45) is 19.1 Å². The lowest BCUT2D eigenvalue weighted by Gasteiger charge is -2.13. The topological polar surface area (TPSA) is 130 Å². The maximum Gasteiger partial charge on any atom is 0.297 e. The van der Waals surface area contributed by atoms with Crippen molar-refractivity contribution in [2.45, 2.75) is 13.8 Å². The van der Waals surface area contributed by atoms with Crippen molar-refractivity contribution in [3.05, 3.63) is 149 Å². The molecule has 0 unspecified atom stereocenters. The minimum absolute atomic E-state index is 0.0680. The van der Waals surface area contributed by atoms with Crippen molar-refractivity contribution >= 4 is 57.6 Å². The molecule has 1 aliphatic rings. The average molecular weight is 682 g/mol. The van der Waals surface area contributed by atoms with Crippen LogP contribution in [0.15, 0.2) is 116 Å². The third-order valence-electron chi connectivity index (χ3n) is 7.96. The summed E-state index contributed by atoms with van der Waals surface area (Å²) < 4.78 is 6.28. The molecular weight excluding hydrogens is 654 g/mol. The van der Waals surface area contributed by atoms with Gasteiger partial charge in [0.1, 0.15) is 5.69 Å². The Bertz CT molecular complexity index is 2300. The van der Waals surface area contributed by atoms with E-state index in [-0.39, 0.29) is 32.2 Å². The number of rotatable bonds is 7. The smallest absolute Gasteiger partial charge is 0.283 e. The molecule has 1 amide bonds. The molecule has 1 aliphatic heterocycles. The van der Waals surface area contributed by atoms with Crippen molar-refractivity contribution < 1.29 is 9.72 Å². The zero-order chi connectivity index (χ0) is 34.3. The molecule has 0 saturated carbocycles. The molecule has 0 atom stereocenters. The van der Waals surface area contributed by atoms with Gasteiger partial charge < -0.3 is 0 Å². The second-order valence-corrected chi connectivity index (χ2v) is 12.3. The Morgan fingerprint density at radius 1 is 0.812 bits per heavy atom. The molecule has 14 heteroatoms. The Hall–Kier alpha value is -5.66. The lowest BCUT2D eigenvalue weighted by atomic mass is 10.2. The summed E-state index contributed by atoms with van der Waals surface area (Å²) >= 11 is 7.56. The normalized spacial score (nSPS) is 15.2. The highest BCUT2D eigenvalue weighted by molar-refractivity contribution is 8.19. The first-order valence-corrected chi connectivity index (χ1v) is 15.8. The van der Waals surface area contributed by atoms with E-state index in [2.05, 4.69) is 0 Å². The number of hydrogen-bond donors (Lipinski definition) is 0. The number of hydrogen-bond acceptors (Lipinski definition) is 7. The van der Waals surface area contributed by atoms with Crippen LogP contribution in [0.3, 0.4) is 0 Å². The van der Waals surface area contributed by atoms with Gasteiger partial charge in [0.2, 0.25) is 0 Å². The minimum Gasteiger partial charge on any atom is -0.283 e. The fraction of sp³-hybridized carbons (Fsp3) is 0.118. The molecule has 3 heterocycles. The van der Waals surface area contributed by atoms with Crippen molar-refractivity contribution in [1.82, 2.24) is 18.7 Å². The number of non-ortho nitro benzene ring substituents is 1. The van der Waals surface area contributed by atoms with Crippen LogP contribution in [-0.2, 0) is 18.9 Å². The van der Waals surface area contributed by atoms with Crippen LogP contribution in [0, 0.1) is 24.0 Å². The Morgan fingerprint density at radius 3 is 1.92 bits per heavy atom. The quantitative estimate of drug-likeness (QED) is 0.116. The maximum atomic E-state index is 14.2. The summed E-state index contributed by atoms with van der Waals surface area (Å²) in [6.07, 6.45) is 3.00. The third kappa shape index (κ3) is 5.73. The molecule has 242 valence electrons. The van der Waals surface area contributed by atoms with Crippen LogP contribution in [-0.4, -0.2) is 34.7 Å². The molecule has 12 nitrogen and oxygen atoms in total. The summed E-state index contributed by atoms with van der Waals surface area (Å²) in [6, 6.07) is 23.9. The van der Waals surface area contributed by atoms with Gasteiger partial charge in [0.25, 0.3) is 22.7 Å². The van der Waals surface area contributed by atoms with Gasteiger partial charge in [-0.15, -0.1) is 0 Å². The SMILES string of the molecule is Cc1c(N=C2SC(=CC(Cl)=Cc3ccc([N+](=O)[O-])cc3)C(=O)N2c2c(C)n(C)n(-c3ccccc3)c2=O)c(=O)n(-c2ccccc2)n1C. The number of benzene rings is 3. The molecule has 0 spiro atoms. The van der Waals surface area contributed by atoms with Crippen molar-refractivity contribution in [3.63, 3.8) is 0 Å². The summed E-state index contributed by atoms with van der Waals surface area (Å²) in [5, 5.41) is 11.3. The molecule has 1 saturated heterocycles. The van der Waals surface area contributed by atoms with E-state index >= 15 is 0 Å². The standard InChI is InChI=1S/C34H28ClN7O5S/c1-21-29(32(44)40(37(21)3)25-11-7-5-8-12-25)36-34-39(30-22(2)38(4)41(33(30)45)26-13-9-6-10-14-26)31(43)28(48-34)20-24(35)19-23-15-17-27(18-16-23)42(46)47/h5-20H,1-4H3. The number of allylic oxidation sites excluding steroid dienone is 2. The number of nitrogens with zero attached hydrogens (tertiary/aromatic N) is 7. The number of carbonyl (C=O) groups is 1. The zero-order valence-electron chi connectivity index (χ0n) is 26.2. The van der Waals surface area contributed by atoms with Crippen LogP contribution in [0.2, 0.25) is 0 Å². The van der Waals surface area contributed by atoms with Crippen molar-refractivity contribution in [3.8, 4) is 11.4 Å². The number of amidine groups is 1. The Kier molecular flexibility index (Phi) is 8.65. The Balaban J connectivity index is 1.51. The summed E-state index contributed by atoms with van der Waals surface area (Å²) in [7, 11) is 3.46. The summed E-state index contributed by atoms with van der Waals surface area (Å²) in [6.45, 7) is 3.48. The number of anilines is 1. The molecule has 0 bridgehead atoms. The number of carbonyl (C=O) groups excluding carboxylic acids is 1. The van der Waals surface area contributed by atoms with E-state index in [0.717, 1.165) is 11.8 Å². The largest absolute Gasteiger partial charge is 0.297 e. The van der Waals surface area contributed by atoms with Gasteiger partial charge in [-0.05, 0) is 79.7 Å². The van der Waals surface area contributed by atoms with Gasteiger partial charge >= 0.3 is 0 Å². The molecule has 5 aromatic rings. The Morgan fingerprint density at radius 2 is 1.35 bits per heavy atom. The summed E-state index contributed by atoms with van der Waals surface area (Å²) in [4.78, 5) is 58.7. The predicted molar refractivity (Wildman–Crippen MR) is 189 cm³/mol. The van der Waals surface area contributed by atoms with Crippen LogP contribution in [0.25, 0.3) is 17.5 Å². The van der Waals surface area contributed by atoms with Gasteiger partial charge in [0.15, 0.2) is 10.9 Å². The molecule has 1 fully saturated rings.